The van der Waals surface area contributed by atoms with Crippen LogP contribution in [-0.4, -0.2) is 47.4 Å². The van der Waals surface area contributed by atoms with Gasteiger partial charge in [-0.25, -0.2) is 0 Å². The van der Waals surface area contributed by atoms with Gasteiger partial charge >= 0.3 is 5.97 Å². The first-order chi connectivity index (χ1) is 35.5. The molecule has 0 aromatic carbocycles. The molecule has 0 fully saturated rings. The van der Waals surface area contributed by atoms with Gasteiger partial charge < -0.3 is 20.3 Å². The molecule has 0 radical (unpaired) electrons. The van der Waals surface area contributed by atoms with Crippen LogP contribution in [0.5, 0.6) is 0 Å². The summed E-state index contributed by atoms with van der Waals surface area (Å²) in [4.78, 5) is 24.6. The standard InChI is InChI=1S/C66H127NO5/c1-3-5-7-9-11-13-15-17-19-21-24-27-30-34-38-42-46-50-54-58-64(69)63(62-68)67-65(70)59-55-51-47-43-39-35-31-28-25-22-23-26-29-33-37-41-45-49-53-57-61-72-66(71)60-56-52-48-44-40-36-32-20-18-16-14-12-10-8-6-4-2/h20,32,54,58,63-64,68-69H,3-19,21-31,33-53,55-57,59-62H2,1-2H3,(H,67,70)/b32-20-,58-54+. The minimum absolute atomic E-state index is 0.00320. The predicted molar refractivity (Wildman–Crippen MR) is 315 cm³/mol. The second-order valence-electron chi connectivity index (χ2n) is 22.5. The first kappa shape index (κ1) is 70.3. The summed E-state index contributed by atoms with van der Waals surface area (Å²) in [6, 6.07) is -0.630. The molecule has 0 aliphatic heterocycles. The molecule has 2 atom stereocenters. The highest BCUT2D eigenvalue weighted by atomic mass is 16.5. The summed E-state index contributed by atoms with van der Waals surface area (Å²) in [5.41, 5.74) is 0. The second-order valence-corrected chi connectivity index (χ2v) is 22.5. The van der Waals surface area contributed by atoms with Gasteiger partial charge in [0.05, 0.1) is 25.4 Å². The van der Waals surface area contributed by atoms with E-state index in [0.717, 1.165) is 44.9 Å². The van der Waals surface area contributed by atoms with Gasteiger partial charge in [0.25, 0.3) is 0 Å². The first-order valence-electron chi connectivity index (χ1n) is 32.6. The molecule has 0 bridgehead atoms. The number of amides is 1. The Morgan fingerprint density at radius 1 is 0.375 bits per heavy atom. The quantitative estimate of drug-likeness (QED) is 0.0320. The number of unbranched alkanes of at least 4 members (excludes halogenated alkanes) is 48. The summed E-state index contributed by atoms with van der Waals surface area (Å²) in [5, 5.41) is 23.2. The fraction of sp³-hybridized carbons (Fsp3) is 0.909. The molecule has 2 unspecified atom stereocenters. The SMILES string of the molecule is CCCCCCCCC/C=C\CCCCCCCC(=O)OCCCCCCCCCCCCCCCCCCCCCCC(=O)NC(CO)C(O)/C=C/CCCCCCCCCCCCCCCCCCC. The number of ether oxygens (including phenoxy) is 1. The molecule has 0 heterocycles. The Bertz CT molecular complexity index is 1120. The maximum Gasteiger partial charge on any atom is 0.305 e. The van der Waals surface area contributed by atoms with E-state index in [4.69, 9.17) is 4.74 Å². The van der Waals surface area contributed by atoms with Crippen LogP contribution in [0.2, 0.25) is 0 Å². The number of carbonyl (C=O) groups is 2. The van der Waals surface area contributed by atoms with Crippen LogP contribution in [0.15, 0.2) is 24.3 Å². The van der Waals surface area contributed by atoms with Gasteiger partial charge in [-0.05, 0) is 57.8 Å². The number of esters is 1. The van der Waals surface area contributed by atoms with Crippen molar-refractivity contribution in [3.63, 3.8) is 0 Å². The summed E-state index contributed by atoms with van der Waals surface area (Å²) in [5.74, 6) is -0.0637. The predicted octanol–water partition coefficient (Wildman–Crippen LogP) is 20.6. The number of hydrogen-bond acceptors (Lipinski definition) is 5. The molecule has 6 nitrogen and oxygen atoms in total. The Labute approximate surface area is 450 Å². The highest BCUT2D eigenvalue weighted by Crippen LogP contribution is 2.18. The van der Waals surface area contributed by atoms with Crippen LogP contribution in [0.1, 0.15) is 361 Å². The third kappa shape index (κ3) is 57.6. The highest BCUT2D eigenvalue weighted by Gasteiger charge is 2.18. The van der Waals surface area contributed by atoms with Gasteiger partial charge in [-0.15, -0.1) is 0 Å². The van der Waals surface area contributed by atoms with E-state index >= 15 is 0 Å². The Kier molecular flexibility index (Phi) is 60.5. The summed E-state index contributed by atoms with van der Waals surface area (Å²) < 4.78 is 5.49. The largest absolute Gasteiger partial charge is 0.466 e. The van der Waals surface area contributed by atoms with Crippen LogP contribution >= 0.6 is 0 Å². The van der Waals surface area contributed by atoms with Crippen molar-refractivity contribution >= 4 is 11.9 Å². The third-order valence-electron chi connectivity index (χ3n) is 15.2. The molecule has 0 aromatic rings. The summed E-state index contributed by atoms with van der Waals surface area (Å²) >= 11 is 0. The van der Waals surface area contributed by atoms with Gasteiger partial charge in [-0.3, -0.25) is 9.59 Å². The number of carbonyl (C=O) groups excluding carboxylic acids is 2. The van der Waals surface area contributed by atoms with Crippen molar-refractivity contribution in [2.75, 3.05) is 13.2 Å². The van der Waals surface area contributed by atoms with E-state index in [1.807, 2.05) is 6.08 Å². The lowest BCUT2D eigenvalue weighted by Crippen LogP contribution is -2.45. The van der Waals surface area contributed by atoms with Crippen molar-refractivity contribution in [3.05, 3.63) is 24.3 Å². The Morgan fingerprint density at radius 3 is 0.986 bits per heavy atom. The highest BCUT2D eigenvalue weighted by molar-refractivity contribution is 5.76. The molecule has 0 rings (SSSR count). The average molecular weight is 1010 g/mol. The lowest BCUT2D eigenvalue weighted by Gasteiger charge is -2.20. The van der Waals surface area contributed by atoms with Crippen molar-refractivity contribution in [2.45, 2.75) is 373 Å². The molecule has 0 saturated heterocycles. The van der Waals surface area contributed by atoms with Crippen LogP contribution in [0, 0.1) is 0 Å². The fourth-order valence-corrected chi connectivity index (χ4v) is 10.2. The Hall–Kier alpha value is -1.66. The van der Waals surface area contributed by atoms with E-state index < -0.39 is 12.1 Å². The molecule has 0 spiro atoms. The molecule has 3 N–H and O–H groups in total. The Balaban J connectivity index is 3.42. The van der Waals surface area contributed by atoms with Gasteiger partial charge in [-0.2, -0.15) is 0 Å². The van der Waals surface area contributed by atoms with Gasteiger partial charge in [0, 0.05) is 12.8 Å². The van der Waals surface area contributed by atoms with Crippen molar-refractivity contribution in [3.8, 4) is 0 Å². The molecule has 0 aliphatic rings. The number of hydrogen-bond donors (Lipinski definition) is 3. The third-order valence-corrected chi connectivity index (χ3v) is 15.2. The lowest BCUT2D eigenvalue weighted by atomic mass is 10.0. The first-order valence-corrected chi connectivity index (χ1v) is 32.6. The molecular weight excluding hydrogens is 887 g/mol. The summed E-state index contributed by atoms with van der Waals surface area (Å²) in [7, 11) is 0. The molecular formula is C66H127NO5. The van der Waals surface area contributed by atoms with Gasteiger partial charge in [0.15, 0.2) is 0 Å². The van der Waals surface area contributed by atoms with Crippen LogP contribution in [0.4, 0.5) is 0 Å². The van der Waals surface area contributed by atoms with Crippen molar-refractivity contribution in [1.82, 2.24) is 5.32 Å². The Morgan fingerprint density at radius 2 is 0.653 bits per heavy atom. The smallest absolute Gasteiger partial charge is 0.305 e. The monoisotopic (exact) mass is 1010 g/mol. The van der Waals surface area contributed by atoms with Crippen LogP contribution in [-0.2, 0) is 14.3 Å². The summed E-state index contributed by atoms with van der Waals surface area (Å²) in [6.07, 6.45) is 76.5. The maximum absolute atomic E-state index is 12.5. The van der Waals surface area contributed by atoms with E-state index in [-0.39, 0.29) is 18.5 Å². The van der Waals surface area contributed by atoms with Crippen LogP contribution < -0.4 is 5.32 Å². The van der Waals surface area contributed by atoms with E-state index in [0.29, 0.717) is 19.4 Å². The number of aliphatic hydroxyl groups excluding tert-OH is 2. The van der Waals surface area contributed by atoms with Crippen LogP contribution in [0.3, 0.4) is 0 Å². The van der Waals surface area contributed by atoms with E-state index in [9.17, 15) is 19.8 Å². The average Bonchev–Trinajstić information content (AvgIpc) is 3.38. The van der Waals surface area contributed by atoms with E-state index in [2.05, 4.69) is 31.3 Å². The zero-order valence-electron chi connectivity index (χ0n) is 48.7. The number of nitrogens with one attached hydrogen (secondary N) is 1. The molecule has 6 heteroatoms. The van der Waals surface area contributed by atoms with E-state index in [1.54, 1.807) is 6.08 Å². The molecule has 0 saturated carbocycles. The zero-order valence-corrected chi connectivity index (χ0v) is 48.7. The fourth-order valence-electron chi connectivity index (χ4n) is 10.2. The number of rotatable bonds is 61. The lowest BCUT2D eigenvalue weighted by molar-refractivity contribution is -0.143. The minimum atomic E-state index is -0.846. The van der Waals surface area contributed by atoms with Gasteiger partial charge in [0.1, 0.15) is 0 Å². The topological polar surface area (TPSA) is 95.9 Å². The van der Waals surface area contributed by atoms with Crippen LogP contribution in [0.25, 0.3) is 0 Å². The molecule has 0 aliphatic carbocycles. The second kappa shape index (κ2) is 61.9. The van der Waals surface area contributed by atoms with Gasteiger partial charge in [0.2, 0.25) is 5.91 Å². The maximum atomic E-state index is 12.5. The number of aliphatic hydroxyl groups is 2. The minimum Gasteiger partial charge on any atom is -0.466 e. The summed E-state index contributed by atoms with van der Waals surface area (Å²) in [6.45, 7) is 4.92. The molecule has 426 valence electrons. The van der Waals surface area contributed by atoms with Crippen molar-refractivity contribution < 1.29 is 24.5 Å². The molecule has 0 aromatic heterocycles. The van der Waals surface area contributed by atoms with E-state index in [1.165, 1.54) is 289 Å². The normalized spacial score (nSPS) is 12.7. The van der Waals surface area contributed by atoms with Crippen molar-refractivity contribution in [1.29, 1.82) is 0 Å². The van der Waals surface area contributed by atoms with Crippen molar-refractivity contribution in [2.24, 2.45) is 0 Å². The zero-order chi connectivity index (χ0) is 52.2. The molecule has 72 heavy (non-hydrogen) atoms. The molecule has 1 amide bonds. The number of allylic oxidation sites excluding steroid dienone is 3. The van der Waals surface area contributed by atoms with Gasteiger partial charge in [-0.1, -0.05) is 314 Å².